The normalized spacial score (nSPS) is 10.5. The van der Waals surface area contributed by atoms with Crippen molar-refractivity contribution in [3.8, 4) is 11.6 Å². The van der Waals surface area contributed by atoms with Crippen molar-refractivity contribution >= 4 is 5.69 Å². The molecule has 2 heterocycles. The summed E-state index contributed by atoms with van der Waals surface area (Å²) in [6.45, 7) is 3.59. The van der Waals surface area contributed by atoms with Gasteiger partial charge < -0.3 is 15.5 Å². The summed E-state index contributed by atoms with van der Waals surface area (Å²) in [4.78, 5) is 18.1. The molecule has 7 nitrogen and oxygen atoms in total. The number of methoxy groups -OCH3 is 1. The van der Waals surface area contributed by atoms with E-state index in [4.69, 9.17) is 10.5 Å². The molecular weight excluding hydrogens is 222 g/mol. The molecule has 0 atom stereocenters. The first-order chi connectivity index (χ1) is 8.06. The highest BCUT2D eigenvalue weighted by Gasteiger charge is 2.16. The number of nitrogens with zero attached hydrogens (tertiary/aromatic N) is 3. The Morgan fingerprint density at radius 3 is 2.71 bits per heavy atom. The Bertz CT molecular complexity index is 614. The smallest absolute Gasteiger partial charge is 0.295 e. The van der Waals surface area contributed by atoms with E-state index in [1.165, 1.54) is 18.1 Å². The molecule has 0 unspecified atom stereocenters. The van der Waals surface area contributed by atoms with Crippen molar-refractivity contribution in [2.24, 2.45) is 0 Å². The second kappa shape index (κ2) is 3.93. The van der Waals surface area contributed by atoms with Gasteiger partial charge in [0.05, 0.1) is 30.5 Å². The van der Waals surface area contributed by atoms with E-state index in [0.717, 1.165) is 5.69 Å². The van der Waals surface area contributed by atoms with Gasteiger partial charge in [0.1, 0.15) is 0 Å². The number of nitrogens with two attached hydrogens (primary N) is 1. The molecule has 0 amide bonds. The second-order valence-corrected chi connectivity index (χ2v) is 3.58. The number of aromatic amines is 1. The third kappa shape index (κ3) is 1.65. The van der Waals surface area contributed by atoms with Crippen molar-refractivity contribution < 1.29 is 4.74 Å². The van der Waals surface area contributed by atoms with Gasteiger partial charge in [-0.2, -0.15) is 5.10 Å². The van der Waals surface area contributed by atoms with Gasteiger partial charge in [-0.1, -0.05) is 0 Å². The minimum absolute atomic E-state index is 0.109. The highest BCUT2D eigenvalue weighted by molar-refractivity contribution is 5.51. The number of rotatable bonds is 2. The lowest BCUT2D eigenvalue weighted by Gasteiger charge is -2.07. The summed E-state index contributed by atoms with van der Waals surface area (Å²) >= 11 is 0. The zero-order chi connectivity index (χ0) is 12.6. The summed E-state index contributed by atoms with van der Waals surface area (Å²) in [5, 5.41) is 4.23. The largest absolute Gasteiger partial charge is 0.488 e. The minimum atomic E-state index is -0.358. The Labute approximate surface area is 97.2 Å². The van der Waals surface area contributed by atoms with Crippen LogP contribution in [0.2, 0.25) is 0 Å². The summed E-state index contributed by atoms with van der Waals surface area (Å²) in [7, 11) is 1.41. The molecule has 0 fully saturated rings. The number of H-pyrrole nitrogens is 1. The predicted molar refractivity (Wildman–Crippen MR) is 62.4 cm³/mol. The molecule has 2 aromatic heterocycles. The van der Waals surface area contributed by atoms with Gasteiger partial charge in [0, 0.05) is 0 Å². The number of hydrogen-bond acceptors (Lipinski definition) is 5. The van der Waals surface area contributed by atoms with Gasteiger partial charge in [0.2, 0.25) is 11.6 Å². The first kappa shape index (κ1) is 11.2. The molecule has 0 aliphatic carbocycles. The third-order valence-electron chi connectivity index (χ3n) is 2.54. The van der Waals surface area contributed by atoms with Crippen LogP contribution < -0.4 is 16.0 Å². The van der Waals surface area contributed by atoms with E-state index >= 15 is 0 Å². The van der Waals surface area contributed by atoms with Gasteiger partial charge in [-0.05, 0) is 13.8 Å². The lowest BCUT2D eigenvalue weighted by atomic mass is 10.3. The van der Waals surface area contributed by atoms with Crippen LogP contribution in [0.3, 0.4) is 0 Å². The lowest BCUT2D eigenvalue weighted by molar-refractivity contribution is 0.402. The van der Waals surface area contributed by atoms with Gasteiger partial charge in [-0.15, -0.1) is 0 Å². The molecule has 0 saturated heterocycles. The molecule has 0 bridgehead atoms. The maximum atomic E-state index is 11.6. The quantitative estimate of drug-likeness (QED) is 0.772. The van der Waals surface area contributed by atoms with E-state index in [1.54, 1.807) is 13.8 Å². The van der Waals surface area contributed by atoms with E-state index in [9.17, 15) is 4.79 Å². The summed E-state index contributed by atoms with van der Waals surface area (Å²) in [6.07, 6.45) is 1.30. The van der Waals surface area contributed by atoms with Crippen LogP contribution in [0.4, 0.5) is 5.69 Å². The molecule has 0 aliphatic heterocycles. The zero-order valence-corrected chi connectivity index (χ0v) is 9.81. The molecule has 90 valence electrons. The van der Waals surface area contributed by atoms with Crippen molar-refractivity contribution in [2.45, 2.75) is 13.8 Å². The third-order valence-corrected chi connectivity index (χ3v) is 2.54. The number of aromatic nitrogens is 4. The summed E-state index contributed by atoms with van der Waals surface area (Å²) in [5.74, 6) is 0.437. The average Bonchev–Trinajstić information content (AvgIpc) is 2.56. The van der Waals surface area contributed by atoms with Gasteiger partial charge in [-0.25, -0.2) is 9.67 Å². The minimum Gasteiger partial charge on any atom is -0.488 e. The molecule has 0 aliphatic rings. The molecular formula is C10H13N5O2. The number of hydrogen-bond donors (Lipinski definition) is 2. The Kier molecular flexibility index (Phi) is 2.58. The Morgan fingerprint density at radius 1 is 1.47 bits per heavy atom. The highest BCUT2D eigenvalue weighted by atomic mass is 16.5. The van der Waals surface area contributed by atoms with E-state index in [0.29, 0.717) is 17.2 Å². The molecule has 0 spiro atoms. The lowest BCUT2D eigenvalue weighted by Crippen LogP contribution is -2.15. The van der Waals surface area contributed by atoms with E-state index in [1.807, 2.05) is 0 Å². The van der Waals surface area contributed by atoms with Crippen molar-refractivity contribution in [3.05, 3.63) is 28.1 Å². The first-order valence-corrected chi connectivity index (χ1v) is 5.00. The van der Waals surface area contributed by atoms with E-state index in [-0.39, 0.29) is 11.3 Å². The zero-order valence-electron chi connectivity index (χ0n) is 9.81. The number of anilines is 1. The van der Waals surface area contributed by atoms with Crippen molar-refractivity contribution in [1.82, 2.24) is 19.7 Å². The van der Waals surface area contributed by atoms with Crippen LogP contribution in [-0.4, -0.2) is 26.9 Å². The van der Waals surface area contributed by atoms with Crippen molar-refractivity contribution in [2.75, 3.05) is 12.8 Å². The van der Waals surface area contributed by atoms with Crippen LogP contribution in [-0.2, 0) is 0 Å². The Hall–Kier alpha value is -2.31. The summed E-state index contributed by atoms with van der Waals surface area (Å²) < 4.78 is 6.53. The number of nitrogen functional groups attached to an aromatic ring is 1. The number of nitrogens with one attached hydrogen (secondary N) is 1. The summed E-state index contributed by atoms with van der Waals surface area (Å²) in [6, 6.07) is 0. The fourth-order valence-electron chi connectivity index (χ4n) is 1.57. The molecule has 0 radical (unpaired) electrons. The van der Waals surface area contributed by atoms with Crippen LogP contribution in [0.1, 0.15) is 11.4 Å². The Morgan fingerprint density at radius 2 is 2.18 bits per heavy atom. The fraction of sp³-hybridized carbons (Fsp3) is 0.300. The first-order valence-electron chi connectivity index (χ1n) is 5.00. The van der Waals surface area contributed by atoms with Gasteiger partial charge in [-0.3, -0.25) is 4.79 Å². The molecule has 17 heavy (non-hydrogen) atoms. The fourth-order valence-corrected chi connectivity index (χ4v) is 1.57. The number of aryl methyl sites for hydroxylation is 1. The topological polar surface area (TPSA) is 98.8 Å². The molecule has 7 heteroatoms. The number of ether oxygens (including phenoxy) is 1. The van der Waals surface area contributed by atoms with Gasteiger partial charge >= 0.3 is 0 Å². The van der Waals surface area contributed by atoms with Crippen molar-refractivity contribution in [3.63, 3.8) is 0 Å². The predicted octanol–water partition coefficient (Wildman–Crippen LogP) is 0.163. The molecule has 0 aromatic carbocycles. The molecule has 0 saturated carbocycles. The maximum Gasteiger partial charge on any atom is 0.295 e. The standard InChI is InChI=1S/C10H13N5O2/c1-5-7(11)6(2)15(14-5)9-8(17-3)10(16)13-4-12-9/h4H,11H2,1-3H3,(H,12,13,16). The molecule has 2 rings (SSSR count). The monoisotopic (exact) mass is 235 g/mol. The van der Waals surface area contributed by atoms with Crippen LogP contribution in [0.25, 0.3) is 5.82 Å². The molecule has 3 N–H and O–H groups in total. The van der Waals surface area contributed by atoms with E-state index < -0.39 is 0 Å². The van der Waals surface area contributed by atoms with Gasteiger partial charge in [0.15, 0.2) is 0 Å². The second-order valence-electron chi connectivity index (χ2n) is 3.58. The van der Waals surface area contributed by atoms with Crippen LogP contribution in [0, 0.1) is 13.8 Å². The highest BCUT2D eigenvalue weighted by Crippen LogP contribution is 2.21. The van der Waals surface area contributed by atoms with Crippen molar-refractivity contribution in [1.29, 1.82) is 0 Å². The van der Waals surface area contributed by atoms with Crippen LogP contribution >= 0.6 is 0 Å². The maximum absolute atomic E-state index is 11.6. The average molecular weight is 235 g/mol. The Balaban J connectivity index is 2.73. The van der Waals surface area contributed by atoms with E-state index in [2.05, 4.69) is 15.1 Å². The summed E-state index contributed by atoms with van der Waals surface area (Å²) in [5.41, 5.74) is 7.46. The SMILES string of the molecule is COc1c(-n2nc(C)c(N)c2C)nc[nH]c1=O. The van der Waals surface area contributed by atoms with Crippen LogP contribution in [0.5, 0.6) is 5.75 Å². The van der Waals surface area contributed by atoms with Crippen LogP contribution in [0.15, 0.2) is 11.1 Å². The van der Waals surface area contributed by atoms with Gasteiger partial charge in [0.25, 0.3) is 5.56 Å². The molecule has 2 aromatic rings.